The van der Waals surface area contributed by atoms with Gasteiger partial charge in [0.2, 0.25) is 5.91 Å². The Balaban J connectivity index is 0.000000471. The average molecular weight is 294 g/mol. The molecule has 0 radical (unpaired) electrons. The molecule has 0 aromatic heterocycles. The lowest BCUT2D eigenvalue weighted by Gasteiger charge is -2.13. The summed E-state index contributed by atoms with van der Waals surface area (Å²) in [6.07, 6.45) is 0.604. The highest BCUT2D eigenvalue weighted by molar-refractivity contribution is 5.85. The molecule has 1 aromatic carbocycles. The van der Waals surface area contributed by atoms with Gasteiger partial charge >= 0.3 is 5.97 Å². The third kappa shape index (κ3) is 10.6. The molecular weight excluding hydrogens is 268 g/mol. The first-order chi connectivity index (χ1) is 9.86. The minimum atomic E-state index is -0.556. The smallest absolute Gasteiger partial charge is 0.325 e. The number of hydrogen-bond donors (Lipinski definition) is 2. The molecule has 118 valence electrons. The van der Waals surface area contributed by atoms with E-state index < -0.39 is 12.0 Å². The van der Waals surface area contributed by atoms with Crippen molar-refractivity contribution in [2.45, 2.75) is 33.2 Å². The molecule has 0 saturated heterocycles. The van der Waals surface area contributed by atoms with Crippen LogP contribution >= 0.6 is 0 Å². The summed E-state index contributed by atoms with van der Waals surface area (Å²) < 4.78 is 4.37. The van der Waals surface area contributed by atoms with Crippen LogP contribution in [0, 0.1) is 12.8 Å². The number of rotatable bonds is 5. The summed E-state index contributed by atoms with van der Waals surface area (Å²) in [5.41, 5.74) is 6.90. The number of hydrogen-bond acceptors (Lipinski definition) is 4. The van der Waals surface area contributed by atoms with Gasteiger partial charge in [-0.1, -0.05) is 49.7 Å². The number of ether oxygens (including phenoxy) is 1. The summed E-state index contributed by atoms with van der Waals surface area (Å²) in [5, 5.41) is 2.40. The molecule has 1 atom stereocenters. The van der Waals surface area contributed by atoms with Gasteiger partial charge in [0.25, 0.3) is 0 Å². The molecule has 0 heterocycles. The largest absolute Gasteiger partial charge is 0.468 e. The van der Waals surface area contributed by atoms with E-state index in [2.05, 4.69) is 29.1 Å². The maximum absolute atomic E-state index is 11.3. The fraction of sp³-hybridized carbons (Fsp3) is 0.500. The van der Waals surface area contributed by atoms with E-state index in [1.54, 1.807) is 0 Å². The van der Waals surface area contributed by atoms with Crippen LogP contribution in [0.5, 0.6) is 0 Å². The highest BCUT2D eigenvalue weighted by Crippen LogP contribution is 2.02. The van der Waals surface area contributed by atoms with Crippen LogP contribution in [0.2, 0.25) is 0 Å². The van der Waals surface area contributed by atoms with E-state index >= 15 is 0 Å². The lowest BCUT2D eigenvalue weighted by atomic mass is 10.0. The third-order valence-electron chi connectivity index (χ3n) is 2.64. The van der Waals surface area contributed by atoms with Crippen LogP contribution < -0.4 is 11.1 Å². The van der Waals surface area contributed by atoms with Crippen molar-refractivity contribution in [3.05, 3.63) is 35.9 Å². The van der Waals surface area contributed by atoms with Gasteiger partial charge in [-0.15, -0.1) is 0 Å². The van der Waals surface area contributed by atoms with Crippen molar-refractivity contribution in [2.24, 2.45) is 11.7 Å². The number of esters is 1. The second-order valence-corrected chi connectivity index (χ2v) is 5.18. The number of carbonyl (C=O) groups is 2. The van der Waals surface area contributed by atoms with Gasteiger partial charge in [0.15, 0.2) is 0 Å². The molecule has 0 aliphatic rings. The average Bonchev–Trinajstić information content (AvgIpc) is 2.45. The van der Waals surface area contributed by atoms with Crippen LogP contribution in [0.4, 0.5) is 0 Å². The highest BCUT2D eigenvalue weighted by Gasteiger charge is 2.15. The Morgan fingerprint density at radius 2 is 1.81 bits per heavy atom. The Hall–Kier alpha value is -1.88. The van der Waals surface area contributed by atoms with Gasteiger partial charge in [-0.3, -0.25) is 9.59 Å². The van der Waals surface area contributed by atoms with Gasteiger partial charge in [-0.25, -0.2) is 0 Å². The first-order valence-electron chi connectivity index (χ1n) is 6.98. The number of amides is 1. The zero-order valence-corrected chi connectivity index (χ0v) is 13.3. The van der Waals surface area contributed by atoms with Crippen molar-refractivity contribution >= 4 is 11.9 Å². The molecule has 0 fully saturated rings. The molecule has 3 N–H and O–H groups in total. The van der Waals surface area contributed by atoms with Crippen LogP contribution in [0.25, 0.3) is 0 Å². The number of benzene rings is 1. The van der Waals surface area contributed by atoms with Gasteiger partial charge in [-0.2, -0.15) is 0 Å². The molecule has 0 bridgehead atoms. The molecule has 5 heteroatoms. The van der Waals surface area contributed by atoms with E-state index in [1.807, 2.05) is 32.0 Å². The first-order valence-corrected chi connectivity index (χ1v) is 6.98. The molecule has 1 unspecified atom stereocenters. The number of carbonyl (C=O) groups excluding carboxylic acids is 2. The van der Waals surface area contributed by atoms with E-state index in [1.165, 1.54) is 12.7 Å². The van der Waals surface area contributed by atoms with E-state index in [0.29, 0.717) is 12.3 Å². The Morgan fingerprint density at radius 3 is 2.19 bits per heavy atom. The van der Waals surface area contributed by atoms with E-state index in [0.717, 1.165) is 0 Å². The summed E-state index contributed by atoms with van der Waals surface area (Å²) in [6, 6.07) is 9.71. The predicted octanol–water partition coefficient (Wildman–Crippen LogP) is 1.64. The number of nitrogens with two attached hydrogens (primary N) is 1. The molecular formula is C16H26N2O3. The molecule has 5 nitrogen and oxygen atoms in total. The summed E-state index contributed by atoms with van der Waals surface area (Å²) in [6.45, 7) is 5.92. The second-order valence-electron chi connectivity index (χ2n) is 5.18. The number of methoxy groups -OCH3 is 1. The SMILES string of the molecule is COC(=O)CNC(=O)C(N)CC(C)C.Cc1ccccc1. The Kier molecular flexibility index (Phi) is 9.88. The van der Waals surface area contributed by atoms with Gasteiger partial charge in [-0.05, 0) is 19.3 Å². The number of nitrogens with one attached hydrogen (secondary N) is 1. The minimum Gasteiger partial charge on any atom is -0.468 e. The normalized spacial score (nSPS) is 11.1. The monoisotopic (exact) mass is 294 g/mol. The quantitative estimate of drug-likeness (QED) is 0.809. The van der Waals surface area contributed by atoms with Crippen LogP contribution in [0.15, 0.2) is 30.3 Å². The molecule has 0 aliphatic carbocycles. The fourth-order valence-corrected chi connectivity index (χ4v) is 1.51. The Labute approximate surface area is 126 Å². The van der Waals surface area contributed by atoms with Crippen molar-refractivity contribution in [1.29, 1.82) is 0 Å². The number of aryl methyl sites for hydroxylation is 1. The van der Waals surface area contributed by atoms with Gasteiger partial charge < -0.3 is 15.8 Å². The van der Waals surface area contributed by atoms with Crippen LogP contribution in [0.1, 0.15) is 25.8 Å². The minimum absolute atomic E-state index is 0.124. The summed E-state index contributed by atoms with van der Waals surface area (Å²) in [7, 11) is 1.27. The lowest BCUT2D eigenvalue weighted by molar-refractivity contribution is -0.141. The van der Waals surface area contributed by atoms with Crippen molar-refractivity contribution in [3.8, 4) is 0 Å². The Bertz CT molecular complexity index is 419. The lowest BCUT2D eigenvalue weighted by Crippen LogP contribution is -2.43. The van der Waals surface area contributed by atoms with Crippen molar-refractivity contribution < 1.29 is 14.3 Å². The molecule has 0 spiro atoms. The summed E-state index contributed by atoms with van der Waals surface area (Å²) in [4.78, 5) is 21.9. The third-order valence-corrected chi connectivity index (χ3v) is 2.64. The fourth-order valence-electron chi connectivity index (χ4n) is 1.51. The first kappa shape index (κ1) is 19.1. The topological polar surface area (TPSA) is 81.4 Å². The maximum Gasteiger partial charge on any atom is 0.325 e. The van der Waals surface area contributed by atoms with E-state index in [-0.39, 0.29) is 12.5 Å². The standard InChI is InChI=1S/C9H18N2O3.C7H8/c1-6(2)4-7(10)9(13)11-5-8(12)14-3;1-7-5-3-2-4-6-7/h6-7H,4-5,10H2,1-3H3,(H,11,13);2-6H,1H3. The molecule has 1 aromatic rings. The van der Waals surface area contributed by atoms with Crippen molar-refractivity contribution in [2.75, 3.05) is 13.7 Å². The van der Waals surface area contributed by atoms with Crippen LogP contribution in [-0.2, 0) is 14.3 Å². The van der Waals surface area contributed by atoms with Crippen LogP contribution in [-0.4, -0.2) is 31.6 Å². The van der Waals surface area contributed by atoms with Gasteiger partial charge in [0, 0.05) is 0 Å². The van der Waals surface area contributed by atoms with Crippen LogP contribution in [0.3, 0.4) is 0 Å². The van der Waals surface area contributed by atoms with Crippen molar-refractivity contribution in [3.63, 3.8) is 0 Å². The second kappa shape index (κ2) is 10.9. The molecule has 21 heavy (non-hydrogen) atoms. The molecule has 1 rings (SSSR count). The van der Waals surface area contributed by atoms with Gasteiger partial charge in [0.1, 0.15) is 6.54 Å². The van der Waals surface area contributed by atoms with Gasteiger partial charge in [0.05, 0.1) is 13.2 Å². The maximum atomic E-state index is 11.3. The summed E-state index contributed by atoms with van der Waals surface area (Å²) in [5.74, 6) is -0.437. The van der Waals surface area contributed by atoms with E-state index in [9.17, 15) is 9.59 Å². The van der Waals surface area contributed by atoms with E-state index in [4.69, 9.17) is 5.73 Å². The Morgan fingerprint density at radius 1 is 1.24 bits per heavy atom. The highest BCUT2D eigenvalue weighted by atomic mass is 16.5. The molecule has 0 aliphatic heterocycles. The summed E-state index contributed by atoms with van der Waals surface area (Å²) >= 11 is 0. The van der Waals surface area contributed by atoms with Crippen molar-refractivity contribution in [1.82, 2.24) is 5.32 Å². The zero-order chi connectivity index (χ0) is 16.3. The zero-order valence-electron chi connectivity index (χ0n) is 13.3. The molecule has 1 amide bonds. The predicted molar refractivity (Wildman–Crippen MR) is 83.6 cm³/mol. The molecule has 0 saturated carbocycles.